The van der Waals surface area contributed by atoms with Gasteiger partial charge in [-0.05, 0) is 60.5 Å². The highest BCUT2D eigenvalue weighted by Gasteiger charge is 2.25. The zero-order chi connectivity index (χ0) is 24.9. The third kappa shape index (κ3) is 5.60. The molecule has 0 radical (unpaired) electrons. The lowest BCUT2D eigenvalue weighted by Crippen LogP contribution is -2.24. The molecule has 5 rings (SSSR count). The summed E-state index contributed by atoms with van der Waals surface area (Å²) in [6, 6.07) is 26.9. The summed E-state index contributed by atoms with van der Waals surface area (Å²) in [5.41, 5.74) is 3.63. The molecule has 1 fully saturated rings. The SMILES string of the molecule is N#Cc1cc(NC(=O)c2ccn(-c3ccc(Cl)cc3)c2)ccc1OC1CCN(Cc2ccccc2)C1. The van der Waals surface area contributed by atoms with Crippen LogP contribution in [0, 0.1) is 11.3 Å². The number of hydrogen-bond acceptors (Lipinski definition) is 4. The van der Waals surface area contributed by atoms with Crippen molar-refractivity contribution < 1.29 is 9.53 Å². The number of carbonyl (C=O) groups is 1. The predicted molar refractivity (Wildman–Crippen MR) is 141 cm³/mol. The van der Waals surface area contributed by atoms with Crippen molar-refractivity contribution in [1.82, 2.24) is 9.47 Å². The van der Waals surface area contributed by atoms with Crippen molar-refractivity contribution in [1.29, 1.82) is 5.26 Å². The third-order valence-electron chi connectivity index (χ3n) is 6.21. The Hall–Kier alpha value is -4.05. The molecule has 1 atom stereocenters. The van der Waals surface area contributed by atoms with Crippen molar-refractivity contribution in [2.24, 2.45) is 0 Å². The van der Waals surface area contributed by atoms with Crippen LogP contribution in [0.15, 0.2) is 91.3 Å². The van der Waals surface area contributed by atoms with Crippen LogP contribution in [-0.4, -0.2) is 34.6 Å². The van der Waals surface area contributed by atoms with Gasteiger partial charge in [0.25, 0.3) is 5.91 Å². The number of likely N-dealkylation sites (tertiary alicyclic amines) is 1. The number of amides is 1. The minimum atomic E-state index is -0.257. The van der Waals surface area contributed by atoms with Crippen molar-refractivity contribution in [2.45, 2.75) is 19.1 Å². The van der Waals surface area contributed by atoms with E-state index in [0.29, 0.717) is 27.6 Å². The van der Waals surface area contributed by atoms with Gasteiger partial charge in [0.05, 0.1) is 11.1 Å². The first-order valence-corrected chi connectivity index (χ1v) is 12.2. The summed E-state index contributed by atoms with van der Waals surface area (Å²) in [5, 5.41) is 13.2. The van der Waals surface area contributed by atoms with Crippen molar-refractivity contribution in [2.75, 3.05) is 18.4 Å². The average molecular weight is 497 g/mol. The maximum Gasteiger partial charge on any atom is 0.257 e. The number of ether oxygens (including phenoxy) is 1. The zero-order valence-corrected chi connectivity index (χ0v) is 20.4. The first-order valence-electron chi connectivity index (χ1n) is 11.8. The summed E-state index contributed by atoms with van der Waals surface area (Å²) < 4.78 is 8.03. The second kappa shape index (κ2) is 10.7. The molecule has 7 heteroatoms. The van der Waals surface area contributed by atoms with Gasteiger partial charge in [-0.2, -0.15) is 5.26 Å². The molecule has 1 saturated heterocycles. The molecule has 1 unspecified atom stereocenters. The lowest BCUT2D eigenvalue weighted by atomic mass is 10.1. The summed E-state index contributed by atoms with van der Waals surface area (Å²) in [5.74, 6) is 0.281. The van der Waals surface area contributed by atoms with E-state index in [1.165, 1.54) is 5.56 Å². The number of benzene rings is 3. The number of halogens is 1. The van der Waals surface area contributed by atoms with Crippen LogP contribution in [0.25, 0.3) is 5.69 Å². The maximum absolute atomic E-state index is 12.8. The summed E-state index contributed by atoms with van der Waals surface area (Å²) in [7, 11) is 0. The number of anilines is 1. The number of nitriles is 1. The average Bonchev–Trinajstić information content (AvgIpc) is 3.56. The number of rotatable bonds is 7. The van der Waals surface area contributed by atoms with Gasteiger partial charge in [0.15, 0.2) is 0 Å². The predicted octanol–water partition coefficient (Wildman–Crippen LogP) is 5.91. The van der Waals surface area contributed by atoms with Crippen LogP contribution in [0.2, 0.25) is 5.02 Å². The molecule has 6 nitrogen and oxygen atoms in total. The molecule has 0 spiro atoms. The standard InChI is InChI=1S/C29H25ClN4O2/c30-24-6-9-26(10-7-24)34-15-12-22(19-34)29(35)32-25-8-11-28(23(16-25)17-31)36-27-13-14-33(20-27)18-21-4-2-1-3-5-21/h1-12,15-16,19,27H,13-14,18,20H2,(H,32,35). The molecule has 2 heterocycles. The van der Waals surface area contributed by atoms with E-state index in [2.05, 4.69) is 28.4 Å². The number of nitrogens with zero attached hydrogens (tertiary/aromatic N) is 3. The van der Waals surface area contributed by atoms with Gasteiger partial charge >= 0.3 is 0 Å². The van der Waals surface area contributed by atoms with Gasteiger partial charge in [-0.1, -0.05) is 41.9 Å². The zero-order valence-electron chi connectivity index (χ0n) is 19.6. The Morgan fingerprint density at radius 2 is 1.89 bits per heavy atom. The largest absolute Gasteiger partial charge is 0.488 e. The Labute approximate surface area is 215 Å². The van der Waals surface area contributed by atoms with Gasteiger partial charge < -0.3 is 14.6 Å². The quantitative estimate of drug-likeness (QED) is 0.345. The van der Waals surface area contributed by atoms with Crippen molar-refractivity contribution in [3.8, 4) is 17.5 Å². The van der Waals surface area contributed by atoms with E-state index >= 15 is 0 Å². The highest BCUT2D eigenvalue weighted by Crippen LogP contribution is 2.26. The van der Waals surface area contributed by atoms with Crippen LogP contribution in [0.1, 0.15) is 27.9 Å². The minimum Gasteiger partial charge on any atom is -0.488 e. The van der Waals surface area contributed by atoms with Gasteiger partial charge in [-0.25, -0.2) is 0 Å². The Morgan fingerprint density at radius 3 is 2.67 bits per heavy atom. The second-order valence-electron chi connectivity index (χ2n) is 8.81. The van der Waals surface area contributed by atoms with E-state index in [4.69, 9.17) is 16.3 Å². The van der Waals surface area contributed by atoms with Crippen LogP contribution >= 0.6 is 11.6 Å². The summed E-state index contributed by atoms with van der Waals surface area (Å²) >= 11 is 5.96. The number of carbonyl (C=O) groups excluding carboxylic acids is 1. The van der Waals surface area contributed by atoms with E-state index in [1.807, 2.05) is 41.1 Å². The molecule has 1 aromatic heterocycles. The molecule has 0 saturated carbocycles. The van der Waals surface area contributed by atoms with Crippen molar-refractivity contribution in [3.05, 3.63) is 113 Å². The minimum absolute atomic E-state index is 0.0221. The molecule has 36 heavy (non-hydrogen) atoms. The molecule has 180 valence electrons. The summed E-state index contributed by atoms with van der Waals surface area (Å²) in [4.78, 5) is 15.2. The first-order chi connectivity index (χ1) is 17.6. The van der Waals surface area contributed by atoms with Crippen molar-refractivity contribution in [3.63, 3.8) is 0 Å². The molecular formula is C29H25ClN4O2. The van der Waals surface area contributed by atoms with E-state index in [0.717, 1.165) is 31.7 Å². The Kier molecular flexibility index (Phi) is 7.03. The molecule has 3 aromatic carbocycles. The molecule has 0 bridgehead atoms. The normalized spacial score (nSPS) is 15.4. The Morgan fingerprint density at radius 1 is 1.08 bits per heavy atom. The molecule has 1 aliphatic rings. The number of nitrogens with one attached hydrogen (secondary N) is 1. The first kappa shape index (κ1) is 23.7. The smallest absolute Gasteiger partial charge is 0.257 e. The Bertz CT molecular complexity index is 1390. The monoisotopic (exact) mass is 496 g/mol. The lowest BCUT2D eigenvalue weighted by Gasteiger charge is -2.18. The molecule has 1 amide bonds. The maximum atomic E-state index is 12.8. The number of hydrogen-bond donors (Lipinski definition) is 1. The van der Waals surface area contributed by atoms with Gasteiger partial charge in [0.1, 0.15) is 17.9 Å². The van der Waals surface area contributed by atoms with Crippen LogP contribution < -0.4 is 10.1 Å². The molecular weight excluding hydrogens is 472 g/mol. The third-order valence-corrected chi connectivity index (χ3v) is 6.46. The second-order valence-corrected chi connectivity index (χ2v) is 9.25. The fraction of sp³-hybridized carbons (Fsp3) is 0.172. The van der Waals surface area contributed by atoms with Crippen LogP contribution in [0.4, 0.5) is 5.69 Å². The van der Waals surface area contributed by atoms with E-state index in [-0.39, 0.29) is 12.0 Å². The van der Waals surface area contributed by atoms with Gasteiger partial charge in [0, 0.05) is 48.4 Å². The Balaban J connectivity index is 1.21. The fourth-order valence-electron chi connectivity index (χ4n) is 4.36. The van der Waals surface area contributed by atoms with E-state index in [1.54, 1.807) is 42.6 Å². The molecule has 0 aliphatic carbocycles. The van der Waals surface area contributed by atoms with Crippen LogP contribution in [0.3, 0.4) is 0 Å². The summed E-state index contributed by atoms with van der Waals surface area (Å²) in [6.45, 7) is 2.64. The van der Waals surface area contributed by atoms with Crippen molar-refractivity contribution >= 4 is 23.2 Å². The fourth-order valence-corrected chi connectivity index (χ4v) is 4.49. The topological polar surface area (TPSA) is 70.3 Å². The van der Waals surface area contributed by atoms with E-state index in [9.17, 15) is 10.1 Å². The van der Waals surface area contributed by atoms with Gasteiger partial charge in [0.2, 0.25) is 0 Å². The van der Waals surface area contributed by atoms with Crippen LogP contribution in [0.5, 0.6) is 5.75 Å². The van der Waals surface area contributed by atoms with Crippen LogP contribution in [-0.2, 0) is 6.54 Å². The van der Waals surface area contributed by atoms with Gasteiger partial charge in [-0.3, -0.25) is 9.69 Å². The summed E-state index contributed by atoms with van der Waals surface area (Å²) in [6.07, 6.45) is 4.50. The lowest BCUT2D eigenvalue weighted by molar-refractivity contribution is 0.102. The van der Waals surface area contributed by atoms with E-state index < -0.39 is 0 Å². The molecule has 1 aliphatic heterocycles. The molecule has 1 N–H and O–H groups in total. The molecule has 4 aromatic rings. The van der Waals surface area contributed by atoms with Gasteiger partial charge in [-0.15, -0.1) is 0 Å². The highest BCUT2D eigenvalue weighted by atomic mass is 35.5. The highest BCUT2D eigenvalue weighted by molar-refractivity contribution is 6.30. The number of aromatic nitrogens is 1.